The van der Waals surface area contributed by atoms with Crippen LogP contribution in [0.15, 0.2) is 24.3 Å². The monoisotopic (exact) mass is 265 g/mol. The van der Waals surface area contributed by atoms with E-state index in [0.717, 1.165) is 25.1 Å². The predicted molar refractivity (Wildman–Crippen MR) is 75.6 cm³/mol. The average Bonchev–Trinajstić information content (AvgIpc) is 2.67. The van der Waals surface area contributed by atoms with Gasteiger partial charge < -0.3 is 10.1 Å². The van der Waals surface area contributed by atoms with Gasteiger partial charge in [-0.05, 0) is 69.3 Å². The van der Waals surface area contributed by atoms with E-state index in [4.69, 9.17) is 4.74 Å². The molecule has 1 heterocycles. The summed E-state index contributed by atoms with van der Waals surface area (Å²) in [5, 5.41) is 3.43. The zero-order valence-corrected chi connectivity index (χ0v) is 11.7. The molecule has 1 aromatic carbocycles. The normalized spacial score (nSPS) is 21.9. The van der Waals surface area contributed by atoms with Crippen molar-refractivity contribution in [2.75, 3.05) is 19.7 Å². The van der Waals surface area contributed by atoms with E-state index in [0.29, 0.717) is 12.5 Å². The fourth-order valence-corrected chi connectivity index (χ4v) is 2.84. The Kier molecular flexibility index (Phi) is 5.80. The standard InChI is InChI=1S/C16H24FNO/c1-2-19-16(14-6-3-7-15(17)12-14)11-13-5-4-9-18-10-8-13/h3,6-7,12-13,16,18H,2,4-5,8-11H2,1H3/t13?,16-/m1/s1. The molecule has 0 radical (unpaired) electrons. The van der Waals surface area contributed by atoms with Crippen LogP contribution in [0.5, 0.6) is 0 Å². The minimum Gasteiger partial charge on any atom is -0.374 e. The first-order valence-corrected chi connectivity index (χ1v) is 7.37. The molecule has 0 saturated carbocycles. The Morgan fingerprint density at radius 3 is 3.05 bits per heavy atom. The molecule has 1 aliphatic rings. The predicted octanol–water partition coefficient (Wildman–Crippen LogP) is 3.68. The van der Waals surface area contributed by atoms with Crippen molar-refractivity contribution in [2.45, 2.75) is 38.7 Å². The van der Waals surface area contributed by atoms with Gasteiger partial charge in [-0.3, -0.25) is 0 Å². The number of rotatable bonds is 5. The van der Waals surface area contributed by atoms with Crippen LogP contribution in [0.2, 0.25) is 0 Å². The second-order valence-electron chi connectivity index (χ2n) is 5.28. The van der Waals surface area contributed by atoms with E-state index in [9.17, 15) is 4.39 Å². The van der Waals surface area contributed by atoms with E-state index >= 15 is 0 Å². The molecule has 1 N–H and O–H groups in total. The summed E-state index contributed by atoms with van der Waals surface area (Å²) >= 11 is 0. The van der Waals surface area contributed by atoms with Gasteiger partial charge in [0.15, 0.2) is 0 Å². The minimum atomic E-state index is -0.176. The molecule has 2 atom stereocenters. The van der Waals surface area contributed by atoms with Gasteiger partial charge in [0.05, 0.1) is 6.10 Å². The summed E-state index contributed by atoms with van der Waals surface area (Å²) in [6.45, 7) is 4.88. The smallest absolute Gasteiger partial charge is 0.123 e. The summed E-state index contributed by atoms with van der Waals surface area (Å²) in [4.78, 5) is 0. The molecule has 1 unspecified atom stereocenters. The summed E-state index contributed by atoms with van der Waals surface area (Å²) < 4.78 is 19.2. The van der Waals surface area contributed by atoms with Crippen molar-refractivity contribution >= 4 is 0 Å². The number of hydrogen-bond donors (Lipinski definition) is 1. The lowest BCUT2D eigenvalue weighted by molar-refractivity contribution is 0.0420. The van der Waals surface area contributed by atoms with Gasteiger partial charge in [-0.2, -0.15) is 0 Å². The Balaban J connectivity index is 2.02. The molecule has 0 aromatic heterocycles. The van der Waals surface area contributed by atoms with E-state index in [1.807, 2.05) is 13.0 Å². The van der Waals surface area contributed by atoms with Crippen LogP contribution >= 0.6 is 0 Å². The van der Waals surface area contributed by atoms with Crippen molar-refractivity contribution in [3.05, 3.63) is 35.6 Å². The Bertz CT molecular complexity index is 375. The van der Waals surface area contributed by atoms with Crippen molar-refractivity contribution in [1.29, 1.82) is 0 Å². The van der Waals surface area contributed by atoms with E-state index in [1.165, 1.54) is 25.3 Å². The zero-order chi connectivity index (χ0) is 13.5. The molecule has 2 rings (SSSR count). The van der Waals surface area contributed by atoms with Crippen molar-refractivity contribution in [3.63, 3.8) is 0 Å². The van der Waals surface area contributed by atoms with Gasteiger partial charge in [0.1, 0.15) is 5.82 Å². The van der Waals surface area contributed by atoms with Crippen LogP contribution in [0, 0.1) is 11.7 Å². The molecule has 3 heteroatoms. The lowest BCUT2D eigenvalue weighted by atomic mass is 9.91. The summed E-state index contributed by atoms with van der Waals surface area (Å²) in [5.41, 5.74) is 0.971. The Morgan fingerprint density at radius 1 is 1.37 bits per heavy atom. The Labute approximate surface area is 115 Å². The number of ether oxygens (including phenoxy) is 1. The van der Waals surface area contributed by atoms with Crippen LogP contribution in [-0.2, 0) is 4.74 Å². The first kappa shape index (κ1) is 14.5. The van der Waals surface area contributed by atoms with Crippen LogP contribution in [0.25, 0.3) is 0 Å². The summed E-state index contributed by atoms with van der Waals surface area (Å²) in [7, 11) is 0. The van der Waals surface area contributed by atoms with Gasteiger partial charge in [-0.15, -0.1) is 0 Å². The van der Waals surface area contributed by atoms with Gasteiger partial charge in [0.2, 0.25) is 0 Å². The lowest BCUT2D eigenvalue weighted by Gasteiger charge is -2.23. The van der Waals surface area contributed by atoms with Crippen LogP contribution in [0.4, 0.5) is 4.39 Å². The topological polar surface area (TPSA) is 21.3 Å². The largest absolute Gasteiger partial charge is 0.374 e. The van der Waals surface area contributed by atoms with Crippen LogP contribution in [0.3, 0.4) is 0 Å². The fraction of sp³-hybridized carbons (Fsp3) is 0.625. The first-order chi connectivity index (χ1) is 9.29. The molecule has 2 nitrogen and oxygen atoms in total. The maximum atomic E-state index is 13.3. The summed E-state index contributed by atoms with van der Waals surface area (Å²) in [6, 6.07) is 6.83. The SMILES string of the molecule is CCO[C@H](CC1CCCNCC1)c1cccc(F)c1. The first-order valence-electron chi connectivity index (χ1n) is 7.37. The minimum absolute atomic E-state index is 0.0313. The number of benzene rings is 1. The van der Waals surface area contributed by atoms with Crippen molar-refractivity contribution in [3.8, 4) is 0 Å². The van der Waals surface area contributed by atoms with Crippen LogP contribution < -0.4 is 5.32 Å². The number of halogens is 1. The van der Waals surface area contributed by atoms with E-state index in [2.05, 4.69) is 5.32 Å². The third-order valence-corrected chi connectivity index (χ3v) is 3.83. The van der Waals surface area contributed by atoms with Crippen molar-refractivity contribution in [1.82, 2.24) is 5.32 Å². The Hall–Kier alpha value is -0.930. The van der Waals surface area contributed by atoms with Gasteiger partial charge in [-0.1, -0.05) is 12.1 Å². The zero-order valence-electron chi connectivity index (χ0n) is 11.7. The fourth-order valence-electron chi connectivity index (χ4n) is 2.84. The quantitative estimate of drug-likeness (QED) is 0.877. The summed E-state index contributed by atoms with van der Waals surface area (Å²) in [5.74, 6) is 0.500. The molecule has 0 spiro atoms. The highest BCUT2D eigenvalue weighted by Crippen LogP contribution is 2.30. The number of hydrogen-bond acceptors (Lipinski definition) is 2. The molecule has 1 fully saturated rings. The highest BCUT2D eigenvalue weighted by Gasteiger charge is 2.20. The highest BCUT2D eigenvalue weighted by atomic mass is 19.1. The maximum absolute atomic E-state index is 13.3. The number of nitrogens with one attached hydrogen (secondary N) is 1. The molecule has 1 aromatic rings. The van der Waals surface area contributed by atoms with Gasteiger partial charge in [0, 0.05) is 6.61 Å². The molecule has 106 valence electrons. The average molecular weight is 265 g/mol. The van der Waals surface area contributed by atoms with Crippen molar-refractivity contribution in [2.24, 2.45) is 5.92 Å². The maximum Gasteiger partial charge on any atom is 0.123 e. The Morgan fingerprint density at radius 2 is 2.26 bits per heavy atom. The summed E-state index contributed by atoms with van der Waals surface area (Å²) in [6.07, 6.45) is 4.69. The molecular formula is C16H24FNO. The van der Waals surface area contributed by atoms with Gasteiger partial charge >= 0.3 is 0 Å². The van der Waals surface area contributed by atoms with Gasteiger partial charge in [0.25, 0.3) is 0 Å². The van der Waals surface area contributed by atoms with E-state index < -0.39 is 0 Å². The third-order valence-electron chi connectivity index (χ3n) is 3.83. The molecule has 0 bridgehead atoms. The molecule has 0 aliphatic carbocycles. The third kappa shape index (κ3) is 4.59. The molecule has 1 aliphatic heterocycles. The van der Waals surface area contributed by atoms with E-state index in [-0.39, 0.29) is 11.9 Å². The van der Waals surface area contributed by atoms with Crippen LogP contribution in [0.1, 0.15) is 44.3 Å². The van der Waals surface area contributed by atoms with Gasteiger partial charge in [-0.25, -0.2) is 4.39 Å². The molecular weight excluding hydrogens is 241 g/mol. The van der Waals surface area contributed by atoms with Crippen molar-refractivity contribution < 1.29 is 9.13 Å². The lowest BCUT2D eigenvalue weighted by Crippen LogP contribution is -2.15. The molecule has 1 saturated heterocycles. The second-order valence-corrected chi connectivity index (χ2v) is 5.28. The van der Waals surface area contributed by atoms with E-state index in [1.54, 1.807) is 12.1 Å². The second kappa shape index (κ2) is 7.61. The highest BCUT2D eigenvalue weighted by molar-refractivity contribution is 5.19. The van der Waals surface area contributed by atoms with Crippen LogP contribution in [-0.4, -0.2) is 19.7 Å². The molecule has 19 heavy (non-hydrogen) atoms. The molecule has 0 amide bonds.